The maximum Gasteiger partial charge on any atom is 0.0992 e. The van der Waals surface area contributed by atoms with E-state index in [4.69, 9.17) is 26.3 Å². The summed E-state index contributed by atoms with van der Waals surface area (Å²) in [5.74, 6) is 0. The first-order chi connectivity index (χ1) is 9.56. The van der Waals surface area contributed by atoms with Gasteiger partial charge >= 0.3 is 0 Å². The Morgan fingerprint density at radius 2 is 2.20 bits per heavy atom. The summed E-state index contributed by atoms with van der Waals surface area (Å²) in [5, 5.41) is 22.0. The molecule has 0 aliphatic rings. The molecule has 0 aliphatic heterocycles. The SMILES string of the molecule is COCC(C)OCC(O)CNc1ccc(C#N)cc1Cl. The Morgan fingerprint density at radius 3 is 2.80 bits per heavy atom. The maximum absolute atomic E-state index is 9.80. The molecule has 5 nitrogen and oxygen atoms in total. The Bertz CT molecular complexity index is 462. The molecule has 0 spiro atoms. The number of rotatable bonds is 8. The van der Waals surface area contributed by atoms with Crippen molar-refractivity contribution in [2.75, 3.05) is 32.2 Å². The highest BCUT2D eigenvalue weighted by Gasteiger charge is 2.09. The lowest BCUT2D eigenvalue weighted by Gasteiger charge is -2.17. The van der Waals surface area contributed by atoms with Gasteiger partial charge in [-0.05, 0) is 25.1 Å². The fraction of sp³-hybridized carbons (Fsp3) is 0.500. The predicted octanol–water partition coefficient (Wildman–Crippen LogP) is 2.04. The summed E-state index contributed by atoms with van der Waals surface area (Å²) in [5.41, 5.74) is 1.17. The van der Waals surface area contributed by atoms with Crippen LogP contribution in [0.15, 0.2) is 18.2 Å². The number of hydrogen-bond acceptors (Lipinski definition) is 5. The number of nitriles is 1. The molecule has 1 aromatic carbocycles. The molecule has 0 fully saturated rings. The van der Waals surface area contributed by atoms with Crippen LogP contribution in [-0.2, 0) is 9.47 Å². The van der Waals surface area contributed by atoms with Gasteiger partial charge in [-0.25, -0.2) is 0 Å². The van der Waals surface area contributed by atoms with Gasteiger partial charge in [0.15, 0.2) is 0 Å². The van der Waals surface area contributed by atoms with Crippen LogP contribution in [0.25, 0.3) is 0 Å². The molecular weight excluding hydrogens is 280 g/mol. The van der Waals surface area contributed by atoms with E-state index in [1.165, 1.54) is 0 Å². The number of ether oxygens (including phenoxy) is 2. The van der Waals surface area contributed by atoms with E-state index in [0.717, 1.165) is 0 Å². The van der Waals surface area contributed by atoms with Crippen LogP contribution in [0, 0.1) is 11.3 Å². The summed E-state index contributed by atoms with van der Waals surface area (Å²) < 4.78 is 10.3. The monoisotopic (exact) mass is 298 g/mol. The second-order valence-electron chi connectivity index (χ2n) is 4.44. The second-order valence-corrected chi connectivity index (χ2v) is 4.85. The lowest BCUT2D eigenvalue weighted by Crippen LogP contribution is -2.28. The molecule has 20 heavy (non-hydrogen) atoms. The normalized spacial score (nSPS) is 13.6. The zero-order valence-electron chi connectivity index (χ0n) is 11.6. The quantitative estimate of drug-likeness (QED) is 0.768. The minimum Gasteiger partial charge on any atom is -0.389 e. The lowest BCUT2D eigenvalue weighted by atomic mass is 10.2. The van der Waals surface area contributed by atoms with Crippen molar-refractivity contribution in [3.8, 4) is 6.07 Å². The number of methoxy groups -OCH3 is 1. The van der Waals surface area contributed by atoms with E-state index >= 15 is 0 Å². The fourth-order valence-corrected chi connectivity index (χ4v) is 1.82. The van der Waals surface area contributed by atoms with E-state index in [1.54, 1.807) is 25.3 Å². The van der Waals surface area contributed by atoms with Crippen molar-refractivity contribution in [2.45, 2.75) is 19.1 Å². The van der Waals surface area contributed by atoms with E-state index < -0.39 is 6.10 Å². The molecular formula is C14H19ClN2O3. The van der Waals surface area contributed by atoms with Gasteiger partial charge in [0.2, 0.25) is 0 Å². The Kier molecular flexibility index (Phi) is 7.34. The van der Waals surface area contributed by atoms with Crippen molar-refractivity contribution in [2.24, 2.45) is 0 Å². The van der Waals surface area contributed by atoms with Crippen LogP contribution in [0.3, 0.4) is 0 Å². The highest BCUT2D eigenvalue weighted by Crippen LogP contribution is 2.22. The summed E-state index contributed by atoms with van der Waals surface area (Å²) in [6.45, 7) is 2.89. The number of anilines is 1. The molecule has 0 saturated carbocycles. The van der Waals surface area contributed by atoms with Gasteiger partial charge in [-0.1, -0.05) is 11.6 Å². The van der Waals surface area contributed by atoms with Crippen LogP contribution in [0.2, 0.25) is 5.02 Å². The average molecular weight is 299 g/mol. The number of aliphatic hydroxyl groups excluding tert-OH is 1. The third-order valence-electron chi connectivity index (χ3n) is 2.60. The molecule has 0 saturated heterocycles. The zero-order chi connectivity index (χ0) is 15.0. The number of hydrogen-bond donors (Lipinski definition) is 2. The molecule has 0 heterocycles. The van der Waals surface area contributed by atoms with E-state index in [1.807, 2.05) is 13.0 Å². The highest BCUT2D eigenvalue weighted by atomic mass is 35.5. The van der Waals surface area contributed by atoms with E-state index in [2.05, 4.69) is 5.32 Å². The fourth-order valence-electron chi connectivity index (χ4n) is 1.57. The minimum absolute atomic E-state index is 0.0619. The average Bonchev–Trinajstić information content (AvgIpc) is 2.44. The molecule has 2 N–H and O–H groups in total. The van der Waals surface area contributed by atoms with Crippen molar-refractivity contribution in [3.05, 3.63) is 28.8 Å². The van der Waals surface area contributed by atoms with E-state index in [9.17, 15) is 5.11 Å². The van der Waals surface area contributed by atoms with Crippen molar-refractivity contribution < 1.29 is 14.6 Å². The molecule has 110 valence electrons. The summed E-state index contributed by atoms with van der Waals surface area (Å²) in [4.78, 5) is 0. The standard InChI is InChI=1S/C14H19ClN2O3/c1-10(8-19-2)20-9-12(18)7-17-14-4-3-11(6-16)5-13(14)15/h3-5,10,12,17-18H,7-9H2,1-2H3. The van der Waals surface area contributed by atoms with Gasteiger partial charge in [0.1, 0.15) is 0 Å². The molecule has 1 aromatic rings. The number of nitrogens with zero attached hydrogens (tertiary/aromatic N) is 1. The Balaban J connectivity index is 2.37. The van der Waals surface area contributed by atoms with Crippen LogP contribution in [0.1, 0.15) is 12.5 Å². The topological polar surface area (TPSA) is 74.5 Å². The third kappa shape index (κ3) is 5.76. The summed E-state index contributed by atoms with van der Waals surface area (Å²) in [6, 6.07) is 6.96. The van der Waals surface area contributed by atoms with Gasteiger partial charge in [0.25, 0.3) is 0 Å². The molecule has 0 amide bonds. The zero-order valence-corrected chi connectivity index (χ0v) is 12.4. The van der Waals surface area contributed by atoms with Crippen LogP contribution < -0.4 is 5.32 Å². The molecule has 0 bridgehead atoms. The lowest BCUT2D eigenvalue weighted by molar-refractivity contribution is -0.0282. The van der Waals surface area contributed by atoms with Gasteiger partial charge in [-0.2, -0.15) is 5.26 Å². The first-order valence-electron chi connectivity index (χ1n) is 6.29. The molecule has 0 aliphatic carbocycles. The van der Waals surface area contributed by atoms with E-state index in [0.29, 0.717) is 29.4 Å². The van der Waals surface area contributed by atoms with Crippen LogP contribution in [-0.4, -0.2) is 44.2 Å². The molecule has 0 aromatic heterocycles. The van der Waals surface area contributed by atoms with Crippen molar-refractivity contribution in [1.29, 1.82) is 5.26 Å². The predicted molar refractivity (Wildman–Crippen MR) is 78.0 cm³/mol. The number of benzene rings is 1. The largest absolute Gasteiger partial charge is 0.389 e. The highest BCUT2D eigenvalue weighted by molar-refractivity contribution is 6.33. The summed E-state index contributed by atoms with van der Waals surface area (Å²) in [6.07, 6.45) is -0.714. The van der Waals surface area contributed by atoms with Gasteiger partial charge in [0.05, 0.1) is 47.8 Å². The van der Waals surface area contributed by atoms with Gasteiger partial charge in [-0.3, -0.25) is 0 Å². The van der Waals surface area contributed by atoms with Gasteiger partial charge in [0, 0.05) is 13.7 Å². The first-order valence-corrected chi connectivity index (χ1v) is 6.66. The van der Waals surface area contributed by atoms with E-state index in [-0.39, 0.29) is 12.7 Å². The number of nitrogens with one attached hydrogen (secondary N) is 1. The van der Waals surface area contributed by atoms with Crippen LogP contribution >= 0.6 is 11.6 Å². The van der Waals surface area contributed by atoms with Crippen molar-refractivity contribution in [1.82, 2.24) is 0 Å². The third-order valence-corrected chi connectivity index (χ3v) is 2.91. The first kappa shape index (κ1) is 16.7. The van der Waals surface area contributed by atoms with Gasteiger partial charge in [-0.15, -0.1) is 0 Å². The van der Waals surface area contributed by atoms with Crippen molar-refractivity contribution >= 4 is 17.3 Å². The second kappa shape index (κ2) is 8.77. The van der Waals surface area contributed by atoms with Crippen LogP contribution in [0.4, 0.5) is 5.69 Å². The summed E-state index contributed by atoms with van der Waals surface area (Å²) >= 11 is 6.02. The molecule has 1 rings (SSSR count). The number of halogens is 1. The Hall–Kier alpha value is -1.32. The maximum atomic E-state index is 9.80. The Morgan fingerprint density at radius 1 is 1.45 bits per heavy atom. The molecule has 0 radical (unpaired) electrons. The van der Waals surface area contributed by atoms with Gasteiger partial charge < -0.3 is 19.9 Å². The van der Waals surface area contributed by atoms with Crippen LogP contribution in [0.5, 0.6) is 0 Å². The smallest absolute Gasteiger partial charge is 0.0992 e. The molecule has 2 unspecified atom stereocenters. The molecule has 6 heteroatoms. The number of aliphatic hydroxyl groups is 1. The van der Waals surface area contributed by atoms with Crippen molar-refractivity contribution in [3.63, 3.8) is 0 Å². The Labute approximate surface area is 124 Å². The minimum atomic E-state index is -0.652. The summed E-state index contributed by atoms with van der Waals surface area (Å²) in [7, 11) is 1.60. The molecule has 2 atom stereocenters.